The van der Waals surface area contributed by atoms with Crippen molar-refractivity contribution in [1.29, 1.82) is 0 Å². The summed E-state index contributed by atoms with van der Waals surface area (Å²) in [6.07, 6.45) is 1.87. The van der Waals surface area contributed by atoms with E-state index in [1.54, 1.807) is 0 Å². The van der Waals surface area contributed by atoms with Crippen molar-refractivity contribution in [3.05, 3.63) is 145 Å². The van der Waals surface area contributed by atoms with Crippen molar-refractivity contribution in [2.24, 2.45) is 0 Å². The number of hydrogen-bond acceptors (Lipinski definition) is 1. The lowest BCUT2D eigenvalue weighted by molar-refractivity contribution is 0.661. The van der Waals surface area contributed by atoms with E-state index in [0.717, 1.165) is 5.82 Å². The quantitative estimate of drug-likeness (QED) is 0.215. The summed E-state index contributed by atoms with van der Waals surface area (Å²) in [5, 5.41) is 7.70. The molecule has 0 saturated carbocycles. The predicted molar refractivity (Wildman–Crippen MR) is 177 cm³/mol. The Labute approximate surface area is 244 Å². The van der Waals surface area contributed by atoms with Crippen molar-refractivity contribution in [3.8, 4) is 28.1 Å². The van der Waals surface area contributed by atoms with Crippen LogP contribution in [0.3, 0.4) is 0 Å². The van der Waals surface area contributed by atoms with Crippen LogP contribution in [-0.2, 0) is 5.41 Å². The Morgan fingerprint density at radius 2 is 1.36 bits per heavy atom. The molecule has 2 aromatic heterocycles. The lowest BCUT2D eigenvalue weighted by atomic mass is 9.81. The lowest BCUT2D eigenvalue weighted by Crippen LogP contribution is -2.15. The van der Waals surface area contributed by atoms with Gasteiger partial charge in [0.1, 0.15) is 5.82 Å². The first-order chi connectivity index (χ1) is 20.6. The fourth-order valence-corrected chi connectivity index (χ4v) is 7.48. The predicted octanol–water partition coefficient (Wildman–Crippen LogP) is 10.5. The van der Waals surface area contributed by atoms with Gasteiger partial charge < -0.3 is 0 Å². The van der Waals surface area contributed by atoms with Gasteiger partial charge in [0.15, 0.2) is 0 Å². The van der Waals surface area contributed by atoms with Gasteiger partial charge in [0.2, 0.25) is 0 Å². The van der Waals surface area contributed by atoms with E-state index in [1.165, 1.54) is 76.7 Å². The molecule has 198 valence electrons. The van der Waals surface area contributed by atoms with Crippen molar-refractivity contribution < 1.29 is 0 Å². The van der Waals surface area contributed by atoms with Crippen LogP contribution in [0.1, 0.15) is 25.0 Å². The Morgan fingerprint density at radius 3 is 2.24 bits per heavy atom. The van der Waals surface area contributed by atoms with Gasteiger partial charge in [0.05, 0.1) is 11.0 Å². The molecule has 0 fully saturated rings. The van der Waals surface area contributed by atoms with Crippen LogP contribution in [0, 0.1) is 0 Å². The summed E-state index contributed by atoms with van der Waals surface area (Å²) in [6, 6.07) is 46.6. The molecular weight excluding hydrogens is 508 g/mol. The second kappa shape index (κ2) is 8.41. The van der Waals surface area contributed by atoms with Crippen molar-refractivity contribution in [1.82, 2.24) is 9.55 Å². The van der Waals surface area contributed by atoms with Crippen LogP contribution in [0.25, 0.3) is 71.4 Å². The van der Waals surface area contributed by atoms with Crippen molar-refractivity contribution >= 4 is 43.4 Å². The van der Waals surface area contributed by atoms with E-state index in [4.69, 9.17) is 4.98 Å². The maximum absolute atomic E-state index is 4.71. The number of nitrogens with zero attached hydrogens (tertiary/aromatic N) is 2. The third-order valence-electron chi connectivity index (χ3n) is 9.45. The van der Waals surface area contributed by atoms with Gasteiger partial charge in [-0.2, -0.15) is 0 Å². The molecule has 0 saturated heterocycles. The number of para-hydroxylation sites is 1. The molecule has 0 unspecified atom stereocenters. The molecule has 0 radical (unpaired) electrons. The minimum Gasteiger partial charge on any atom is -0.294 e. The summed E-state index contributed by atoms with van der Waals surface area (Å²) in [6.45, 7) is 4.74. The Balaban J connectivity index is 1.29. The van der Waals surface area contributed by atoms with E-state index < -0.39 is 0 Å². The van der Waals surface area contributed by atoms with E-state index in [0.29, 0.717) is 0 Å². The van der Waals surface area contributed by atoms with Gasteiger partial charge in [-0.1, -0.05) is 111 Å². The Kier molecular flexibility index (Phi) is 4.70. The van der Waals surface area contributed by atoms with E-state index in [1.807, 2.05) is 12.3 Å². The average Bonchev–Trinajstić information content (AvgIpc) is 3.50. The molecule has 1 aliphatic carbocycles. The second-order valence-corrected chi connectivity index (χ2v) is 12.0. The Hall–Kier alpha value is -5.21. The first-order valence-electron chi connectivity index (χ1n) is 14.6. The Bertz CT molecular complexity index is 2370. The fourth-order valence-electron chi connectivity index (χ4n) is 7.48. The molecule has 1 aliphatic rings. The summed E-state index contributed by atoms with van der Waals surface area (Å²) in [5.74, 6) is 0.937. The van der Waals surface area contributed by atoms with Crippen molar-refractivity contribution in [3.63, 3.8) is 0 Å². The zero-order valence-corrected chi connectivity index (χ0v) is 23.6. The third-order valence-corrected chi connectivity index (χ3v) is 9.45. The summed E-state index contributed by atoms with van der Waals surface area (Å²) < 4.78 is 2.29. The highest BCUT2D eigenvalue weighted by Gasteiger charge is 2.36. The number of fused-ring (bicyclic) bond motifs is 10. The molecule has 0 spiro atoms. The van der Waals surface area contributed by atoms with Gasteiger partial charge in [-0.3, -0.25) is 4.57 Å². The molecule has 0 amide bonds. The fraction of sp³-hybridized carbons (Fsp3) is 0.0750. The summed E-state index contributed by atoms with van der Waals surface area (Å²) in [5.41, 5.74) is 10.4. The highest BCUT2D eigenvalue weighted by molar-refractivity contribution is 6.23. The number of hydrogen-bond donors (Lipinski definition) is 0. The maximum Gasteiger partial charge on any atom is 0.137 e. The largest absolute Gasteiger partial charge is 0.294 e. The molecule has 8 aromatic rings. The van der Waals surface area contributed by atoms with Gasteiger partial charge in [-0.25, -0.2) is 4.98 Å². The van der Waals surface area contributed by atoms with Crippen LogP contribution < -0.4 is 0 Å². The van der Waals surface area contributed by atoms with Gasteiger partial charge >= 0.3 is 0 Å². The smallest absolute Gasteiger partial charge is 0.137 e. The third kappa shape index (κ3) is 3.07. The number of aromatic nitrogens is 2. The number of rotatable bonds is 2. The molecular formula is C40H28N2. The highest BCUT2D eigenvalue weighted by atomic mass is 15.1. The monoisotopic (exact) mass is 536 g/mol. The zero-order chi connectivity index (χ0) is 28.0. The molecule has 6 aromatic carbocycles. The van der Waals surface area contributed by atoms with E-state index >= 15 is 0 Å². The van der Waals surface area contributed by atoms with E-state index in [-0.39, 0.29) is 5.41 Å². The molecule has 2 heteroatoms. The minimum atomic E-state index is -0.0708. The van der Waals surface area contributed by atoms with Crippen LogP contribution in [0.5, 0.6) is 0 Å². The van der Waals surface area contributed by atoms with Crippen molar-refractivity contribution in [2.45, 2.75) is 19.3 Å². The molecule has 42 heavy (non-hydrogen) atoms. The van der Waals surface area contributed by atoms with E-state index in [2.05, 4.69) is 140 Å². The molecule has 2 heterocycles. The SMILES string of the molecule is CC1(C)c2cc(-c3cccc4c3ccc3c4c4ccccc4n3-c3ccccn3)ccc2-c2c1ccc1ccccc21. The van der Waals surface area contributed by atoms with Crippen LogP contribution in [0.2, 0.25) is 0 Å². The van der Waals surface area contributed by atoms with Gasteiger partial charge in [0, 0.05) is 22.4 Å². The molecule has 2 nitrogen and oxygen atoms in total. The maximum atomic E-state index is 4.71. The summed E-state index contributed by atoms with van der Waals surface area (Å²) in [7, 11) is 0. The van der Waals surface area contributed by atoms with Crippen molar-refractivity contribution in [2.75, 3.05) is 0 Å². The highest BCUT2D eigenvalue weighted by Crippen LogP contribution is 2.52. The van der Waals surface area contributed by atoms with Crippen LogP contribution in [0.15, 0.2) is 134 Å². The average molecular weight is 537 g/mol. The van der Waals surface area contributed by atoms with Gasteiger partial charge in [0.25, 0.3) is 0 Å². The lowest BCUT2D eigenvalue weighted by Gasteiger charge is -2.22. The minimum absolute atomic E-state index is 0.0708. The molecule has 0 N–H and O–H groups in total. The van der Waals surface area contributed by atoms with Gasteiger partial charge in [-0.05, 0) is 85.3 Å². The molecule has 0 atom stereocenters. The molecule has 0 bridgehead atoms. The summed E-state index contributed by atoms with van der Waals surface area (Å²) >= 11 is 0. The first kappa shape index (κ1) is 23.5. The molecule has 9 rings (SSSR count). The number of pyridine rings is 1. The standard InChI is InChI=1S/C40H28N2/c1-40(2)33-21-18-25-10-3-4-11-28(25)38(33)31-19-17-26(24-34(31)40)27-13-9-14-30-29(27)20-22-36-39(30)32-12-5-6-15-35(32)42(36)37-16-7-8-23-41-37/h3-24H,1-2H3. The Morgan fingerprint density at radius 1 is 0.548 bits per heavy atom. The first-order valence-corrected chi connectivity index (χ1v) is 14.6. The van der Waals surface area contributed by atoms with E-state index in [9.17, 15) is 0 Å². The van der Waals surface area contributed by atoms with Crippen LogP contribution in [0.4, 0.5) is 0 Å². The zero-order valence-electron chi connectivity index (χ0n) is 23.6. The van der Waals surface area contributed by atoms with Crippen LogP contribution in [-0.4, -0.2) is 9.55 Å². The van der Waals surface area contributed by atoms with Crippen LogP contribution >= 0.6 is 0 Å². The summed E-state index contributed by atoms with van der Waals surface area (Å²) in [4.78, 5) is 4.71. The second-order valence-electron chi connectivity index (χ2n) is 12.0. The van der Waals surface area contributed by atoms with Gasteiger partial charge in [-0.15, -0.1) is 0 Å². The normalized spacial score (nSPS) is 13.7. The molecule has 0 aliphatic heterocycles. The topological polar surface area (TPSA) is 17.8 Å². The number of benzene rings is 6.